The fraction of sp³-hybridized carbons (Fsp3) is 0.676. The van der Waals surface area contributed by atoms with Gasteiger partial charge >= 0.3 is 5.97 Å². The van der Waals surface area contributed by atoms with Crippen molar-refractivity contribution in [3.05, 3.63) is 42.5 Å². The molecule has 1 saturated heterocycles. The van der Waals surface area contributed by atoms with E-state index in [2.05, 4.69) is 43.3 Å². The maximum absolute atomic E-state index is 13.6. The van der Waals surface area contributed by atoms with Gasteiger partial charge in [-0.1, -0.05) is 45.9 Å². The predicted molar refractivity (Wildman–Crippen MR) is 180 cm³/mol. The number of benzene rings is 1. The average molecular weight is 666 g/mol. The topological polar surface area (TPSA) is 134 Å². The molecule has 5 aliphatic rings. The smallest absolute Gasteiger partial charge is 0.316 e. The minimum atomic E-state index is -0.647. The third-order valence-electron chi connectivity index (χ3n) is 13.2. The van der Waals surface area contributed by atoms with Crippen LogP contribution in [0.2, 0.25) is 0 Å². The minimum absolute atomic E-state index is 0.0126. The second-order valence-electron chi connectivity index (χ2n) is 15.6. The highest BCUT2D eigenvalue weighted by atomic mass is 32.2. The van der Waals surface area contributed by atoms with Crippen LogP contribution in [0.3, 0.4) is 0 Å². The summed E-state index contributed by atoms with van der Waals surface area (Å²) in [5.41, 5.74) is -0.660. The molecule has 4 N–H and O–H groups in total. The summed E-state index contributed by atoms with van der Waals surface area (Å²) in [4.78, 5) is 52.5. The van der Waals surface area contributed by atoms with Crippen LogP contribution in [-0.4, -0.2) is 65.8 Å². The zero-order valence-electron chi connectivity index (χ0n) is 28.2. The van der Waals surface area contributed by atoms with Crippen LogP contribution in [0.4, 0.5) is 0 Å². The zero-order valence-corrected chi connectivity index (χ0v) is 29.0. The van der Waals surface area contributed by atoms with E-state index in [1.165, 1.54) is 11.8 Å². The molecule has 10 atom stereocenters. The molecule has 1 aromatic carbocycles. The van der Waals surface area contributed by atoms with Crippen LogP contribution in [-0.2, 0) is 30.5 Å². The number of nitrogens with one attached hydrogen (secondary N) is 3. The van der Waals surface area contributed by atoms with Gasteiger partial charge in [0.05, 0.1) is 24.4 Å². The van der Waals surface area contributed by atoms with E-state index in [1.807, 2.05) is 37.3 Å². The summed E-state index contributed by atoms with van der Waals surface area (Å²) < 4.78 is 6.45. The zero-order chi connectivity index (χ0) is 33.8. The molecule has 4 aliphatic carbocycles. The van der Waals surface area contributed by atoms with Gasteiger partial charge in [-0.05, 0) is 85.9 Å². The molecule has 1 heterocycles. The lowest BCUT2D eigenvalue weighted by Crippen LogP contribution is -2.71. The number of aliphatic hydroxyl groups excluding tert-OH is 1. The van der Waals surface area contributed by atoms with E-state index >= 15 is 0 Å². The first-order valence-corrected chi connectivity index (χ1v) is 18.3. The molecule has 1 aromatic rings. The summed E-state index contributed by atoms with van der Waals surface area (Å²) in [5.74, 6) is 0.0259. The largest absolute Gasteiger partial charge is 0.461 e. The fourth-order valence-corrected chi connectivity index (χ4v) is 11.3. The van der Waals surface area contributed by atoms with Crippen molar-refractivity contribution >= 4 is 35.3 Å². The number of esters is 1. The van der Waals surface area contributed by atoms with Crippen molar-refractivity contribution < 1.29 is 29.0 Å². The first-order chi connectivity index (χ1) is 22.3. The van der Waals surface area contributed by atoms with Crippen molar-refractivity contribution in [1.82, 2.24) is 16.0 Å². The number of ketones is 1. The monoisotopic (exact) mass is 665 g/mol. The van der Waals surface area contributed by atoms with Gasteiger partial charge in [0.25, 0.3) is 0 Å². The summed E-state index contributed by atoms with van der Waals surface area (Å²) >= 11 is 1.38. The van der Waals surface area contributed by atoms with Gasteiger partial charge in [0.15, 0.2) is 0 Å². The van der Waals surface area contributed by atoms with Crippen molar-refractivity contribution in [2.24, 2.45) is 39.4 Å². The van der Waals surface area contributed by atoms with Crippen molar-refractivity contribution in [2.45, 2.75) is 102 Å². The van der Waals surface area contributed by atoms with Crippen LogP contribution in [0.25, 0.3) is 0 Å². The third-order valence-corrected chi connectivity index (χ3v) is 14.1. The highest BCUT2D eigenvalue weighted by Gasteiger charge is 2.81. The van der Waals surface area contributed by atoms with E-state index in [0.29, 0.717) is 25.2 Å². The lowest BCUT2D eigenvalue weighted by atomic mass is 9.32. The maximum atomic E-state index is 13.6. The number of amides is 2. The Morgan fingerprint density at radius 1 is 1.19 bits per heavy atom. The Kier molecular flexibility index (Phi) is 9.19. The van der Waals surface area contributed by atoms with E-state index in [9.17, 15) is 24.3 Å². The molecule has 5 fully saturated rings. The third kappa shape index (κ3) is 5.66. The molecule has 10 heteroatoms. The van der Waals surface area contributed by atoms with Gasteiger partial charge in [0.2, 0.25) is 11.8 Å². The number of carbonyl (C=O) groups excluding carboxylic acids is 4. The Balaban J connectivity index is 1.10. The molecule has 256 valence electrons. The first-order valence-electron chi connectivity index (χ1n) is 17.3. The number of Topliss-reactive ketones (excluding diaryl/α,β-unsaturated/α-hetero) is 1. The number of carbonyl (C=O) groups is 4. The highest BCUT2D eigenvalue weighted by molar-refractivity contribution is 8.00. The van der Waals surface area contributed by atoms with E-state index in [1.54, 1.807) is 0 Å². The number of hydrogen-bond donors (Lipinski definition) is 4. The lowest BCUT2D eigenvalue weighted by Gasteiger charge is -2.71. The maximum Gasteiger partial charge on any atom is 0.316 e. The highest BCUT2D eigenvalue weighted by Crippen LogP contribution is 2.82. The summed E-state index contributed by atoms with van der Waals surface area (Å²) in [6.45, 7) is 13.8. The van der Waals surface area contributed by atoms with Crippen LogP contribution < -0.4 is 16.0 Å². The predicted octanol–water partition coefficient (Wildman–Crippen LogP) is 4.17. The molecule has 4 saturated carbocycles. The first kappa shape index (κ1) is 34.2. The quantitative estimate of drug-likeness (QED) is 0.166. The fourth-order valence-electron chi connectivity index (χ4n) is 10.6. The van der Waals surface area contributed by atoms with Gasteiger partial charge in [-0.3, -0.25) is 19.2 Å². The molecule has 0 aromatic heterocycles. The minimum Gasteiger partial charge on any atom is -0.461 e. The summed E-state index contributed by atoms with van der Waals surface area (Å²) in [5, 5.41) is 20.5. The number of ether oxygens (including phenoxy) is 1. The normalized spacial score (nSPS) is 40.3. The standard InChI is InChI=1S/C37H51N3O6S/c1-6-34(4)17-28(35(5)22(2)16-37-21-36(33(35)37,13-12-27(37)41)23(3)31(34)44)46-30(43)20-47-25-10-7-9-24(15-25)18-39-29(42)19-40-32(45)26-11-8-14-38-26/h6-7,9-10,15,22-23,26,28,31,33,38,44H,1,8,11-14,16-21H2,2-5H3,(H,39,42)(H,40,45)/t22?,23-,26+,28+,31-,33?,34+,35-,36?,37?/m0/s1. The van der Waals surface area contributed by atoms with E-state index in [0.717, 1.165) is 49.1 Å². The molecular formula is C37H51N3O6S. The molecular weight excluding hydrogens is 614 g/mol. The average Bonchev–Trinajstić information content (AvgIpc) is 3.66. The second kappa shape index (κ2) is 12.6. The number of aliphatic hydroxyl groups is 1. The Hall–Kier alpha value is -2.69. The van der Waals surface area contributed by atoms with E-state index in [4.69, 9.17) is 4.74 Å². The van der Waals surface area contributed by atoms with Crippen LogP contribution in [0.1, 0.15) is 78.2 Å². The Bertz CT molecular complexity index is 1450. The molecule has 2 bridgehead atoms. The van der Waals surface area contributed by atoms with Crippen molar-refractivity contribution in [2.75, 3.05) is 18.8 Å². The Morgan fingerprint density at radius 3 is 2.70 bits per heavy atom. The van der Waals surface area contributed by atoms with Crippen LogP contribution in [0, 0.1) is 39.4 Å². The Labute approximate surface area is 282 Å². The van der Waals surface area contributed by atoms with Crippen LogP contribution in [0.15, 0.2) is 41.8 Å². The van der Waals surface area contributed by atoms with Crippen molar-refractivity contribution in [3.8, 4) is 0 Å². The molecule has 2 amide bonds. The number of rotatable bonds is 10. The van der Waals surface area contributed by atoms with Gasteiger partial charge in [-0.15, -0.1) is 18.3 Å². The van der Waals surface area contributed by atoms with Crippen molar-refractivity contribution in [3.63, 3.8) is 0 Å². The second-order valence-corrected chi connectivity index (χ2v) is 16.6. The summed E-state index contributed by atoms with van der Waals surface area (Å²) in [6.07, 6.45) is 5.93. The molecule has 0 radical (unpaired) electrons. The van der Waals surface area contributed by atoms with Gasteiger partial charge in [0.1, 0.15) is 11.9 Å². The van der Waals surface area contributed by atoms with Gasteiger partial charge < -0.3 is 25.8 Å². The summed E-state index contributed by atoms with van der Waals surface area (Å²) in [7, 11) is 0. The van der Waals surface area contributed by atoms with Crippen LogP contribution >= 0.6 is 11.8 Å². The lowest BCUT2D eigenvalue weighted by molar-refractivity contribution is -0.257. The number of hydrogen-bond acceptors (Lipinski definition) is 8. The van der Waals surface area contributed by atoms with Gasteiger partial charge in [0, 0.05) is 34.1 Å². The molecule has 9 nitrogen and oxygen atoms in total. The molecule has 2 spiro atoms. The van der Waals surface area contributed by atoms with E-state index < -0.39 is 23.0 Å². The molecule has 6 rings (SSSR count). The SMILES string of the molecule is C=C[C@]1(C)C[C@@H](OC(=O)CSc2cccc(CNC(=O)CNC(=O)[C@H]3CCCN3)c2)[C@]2(C)C(C)CC34CC(CCC3=O)(C42)[C@@H](C)[C@@H]1O. The van der Waals surface area contributed by atoms with Crippen molar-refractivity contribution in [1.29, 1.82) is 0 Å². The number of thioether (sulfide) groups is 1. The van der Waals surface area contributed by atoms with E-state index in [-0.39, 0.29) is 64.7 Å². The molecule has 1 aliphatic heterocycles. The summed E-state index contributed by atoms with van der Waals surface area (Å²) in [6, 6.07) is 7.44. The Morgan fingerprint density at radius 2 is 1.98 bits per heavy atom. The van der Waals surface area contributed by atoms with Gasteiger partial charge in [-0.25, -0.2) is 0 Å². The molecule has 47 heavy (non-hydrogen) atoms. The van der Waals surface area contributed by atoms with Gasteiger partial charge in [-0.2, -0.15) is 0 Å². The molecule has 4 unspecified atom stereocenters. The van der Waals surface area contributed by atoms with Crippen LogP contribution in [0.5, 0.6) is 0 Å².